The van der Waals surface area contributed by atoms with Gasteiger partial charge in [0.15, 0.2) is 6.20 Å². The summed E-state index contributed by atoms with van der Waals surface area (Å²) < 4.78 is 4.88. The summed E-state index contributed by atoms with van der Waals surface area (Å²) in [5.74, 6) is 0. The Kier molecular flexibility index (Phi) is 4.20. The average molecular weight is 468 g/mol. The molecule has 0 bridgehead atoms. The summed E-state index contributed by atoms with van der Waals surface area (Å²) >= 11 is 0. The molecule has 0 spiro atoms. The van der Waals surface area contributed by atoms with Gasteiger partial charge < -0.3 is 4.40 Å². The topological polar surface area (TPSA) is 8.29 Å². The molecule has 0 aliphatic heterocycles. The first-order chi connectivity index (χ1) is 17.2. The van der Waals surface area contributed by atoms with Crippen molar-refractivity contribution in [1.82, 2.24) is 4.40 Å². The van der Waals surface area contributed by atoms with Crippen molar-refractivity contribution >= 4 is 49.0 Å². The van der Waals surface area contributed by atoms with Crippen LogP contribution in [-0.2, 0) is 12.5 Å². The summed E-state index contributed by atoms with van der Waals surface area (Å²) in [7, 11) is 2.19. The predicted octanol–water partition coefficient (Wildman–Crippen LogP) is 8.40. The standard InChI is InChI=1S/C34H31N2/c1-20-16-27-26-13-12-25(34(3,4)5)19-28(26)36-29-18-24(22-10-8-7-9-11-22)17-23-14-15-35(6)33(31(23)29)30(21(20)2)32(27)36/h7-19H,1-6H3/q+1. The number of rotatable bonds is 1. The van der Waals surface area contributed by atoms with Gasteiger partial charge in [-0.1, -0.05) is 63.2 Å². The van der Waals surface area contributed by atoms with Gasteiger partial charge in [0.1, 0.15) is 7.05 Å². The van der Waals surface area contributed by atoms with Gasteiger partial charge in [-0.15, -0.1) is 0 Å². The number of aromatic nitrogens is 2. The molecular weight excluding hydrogens is 436 g/mol. The zero-order chi connectivity index (χ0) is 24.9. The molecule has 7 rings (SSSR count). The van der Waals surface area contributed by atoms with Crippen LogP contribution in [0.3, 0.4) is 0 Å². The smallest absolute Gasteiger partial charge is 0.224 e. The molecule has 0 aliphatic rings. The SMILES string of the molecule is Cc1cc2c3ccc(C(C)(C)C)cc3n3c4cc(-c5ccccc5)cc5cc[n+](C)c(c(c1C)c23)c54. The van der Waals surface area contributed by atoms with E-state index < -0.39 is 0 Å². The fourth-order valence-corrected chi connectivity index (χ4v) is 6.17. The van der Waals surface area contributed by atoms with Crippen LogP contribution in [0, 0.1) is 13.8 Å². The molecule has 36 heavy (non-hydrogen) atoms. The molecule has 0 N–H and O–H groups in total. The second-order valence-corrected chi connectivity index (χ2v) is 11.5. The van der Waals surface area contributed by atoms with Crippen LogP contribution in [0.15, 0.2) is 79.0 Å². The van der Waals surface area contributed by atoms with E-state index in [1.807, 2.05) is 0 Å². The third-order valence-electron chi connectivity index (χ3n) is 8.24. The number of benzene rings is 4. The van der Waals surface area contributed by atoms with E-state index in [0.717, 1.165) is 0 Å². The van der Waals surface area contributed by atoms with Gasteiger partial charge in [-0.25, -0.2) is 4.57 Å². The Morgan fingerprint density at radius 2 is 1.50 bits per heavy atom. The van der Waals surface area contributed by atoms with Crippen LogP contribution >= 0.6 is 0 Å². The van der Waals surface area contributed by atoms with E-state index in [1.54, 1.807) is 0 Å². The lowest BCUT2D eigenvalue weighted by Crippen LogP contribution is -2.29. The summed E-state index contributed by atoms with van der Waals surface area (Å²) in [6, 6.07) is 27.3. The van der Waals surface area contributed by atoms with E-state index in [4.69, 9.17) is 0 Å². The number of nitrogens with zero attached hydrogens (tertiary/aromatic N) is 2. The summed E-state index contributed by atoms with van der Waals surface area (Å²) in [6.07, 6.45) is 2.22. The number of aryl methyl sites for hydroxylation is 3. The first kappa shape index (κ1) is 21.4. The van der Waals surface area contributed by atoms with Gasteiger partial charge in [-0.2, -0.15) is 0 Å². The molecule has 3 heterocycles. The van der Waals surface area contributed by atoms with Gasteiger partial charge in [0.05, 0.1) is 27.3 Å². The van der Waals surface area contributed by atoms with Gasteiger partial charge in [-0.3, -0.25) is 0 Å². The molecule has 0 radical (unpaired) electrons. The van der Waals surface area contributed by atoms with Crippen LogP contribution in [0.1, 0.15) is 37.5 Å². The zero-order valence-electron chi connectivity index (χ0n) is 21.9. The molecule has 7 aromatic rings. The van der Waals surface area contributed by atoms with E-state index in [9.17, 15) is 0 Å². The predicted molar refractivity (Wildman–Crippen MR) is 153 cm³/mol. The maximum Gasteiger partial charge on any atom is 0.224 e. The first-order valence-corrected chi connectivity index (χ1v) is 12.9. The minimum Gasteiger partial charge on any atom is -0.307 e. The van der Waals surface area contributed by atoms with Crippen molar-refractivity contribution < 1.29 is 4.57 Å². The second-order valence-electron chi connectivity index (χ2n) is 11.5. The van der Waals surface area contributed by atoms with E-state index >= 15 is 0 Å². The fourth-order valence-electron chi connectivity index (χ4n) is 6.17. The van der Waals surface area contributed by atoms with Crippen molar-refractivity contribution in [3.05, 3.63) is 95.7 Å². The molecule has 176 valence electrons. The van der Waals surface area contributed by atoms with Gasteiger partial charge >= 0.3 is 0 Å². The van der Waals surface area contributed by atoms with Crippen molar-refractivity contribution in [1.29, 1.82) is 0 Å². The normalized spacial score (nSPS) is 12.7. The minimum atomic E-state index is 0.0831. The van der Waals surface area contributed by atoms with Crippen LogP contribution in [0.2, 0.25) is 0 Å². The molecular formula is C34H31N2+. The first-order valence-electron chi connectivity index (χ1n) is 12.9. The van der Waals surface area contributed by atoms with E-state index in [2.05, 4.69) is 130 Å². The van der Waals surface area contributed by atoms with Crippen molar-refractivity contribution in [2.45, 2.75) is 40.0 Å². The number of pyridine rings is 2. The summed E-state index contributed by atoms with van der Waals surface area (Å²) in [4.78, 5) is 0. The lowest BCUT2D eigenvalue weighted by molar-refractivity contribution is -0.643. The maximum atomic E-state index is 2.56. The Bertz CT molecular complexity index is 1980. The lowest BCUT2D eigenvalue weighted by Gasteiger charge is -2.19. The van der Waals surface area contributed by atoms with Crippen LogP contribution < -0.4 is 4.57 Å². The molecule has 0 saturated heterocycles. The molecule has 3 aromatic heterocycles. The van der Waals surface area contributed by atoms with Gasteiger partial charge in [0.2, 0.25) is 5.52 Å². The maximum absolute atomic E-state index is 2.56. The van der Waals surface area contributed by atoms with E-state index in [1.165, 1.54) is 76.8 Å². The van der Waals surface area contributed by atoms with E-state index in [-0.39, 0.29) is 5.41 Å². The Morgan fingerprint density at radius 1 is 0.722 bits per heavy atom. The summed E-state index contributed by atoms with van der Waals surface area (Å²) in [6.45, 7) is 11.4. The van der Waals surface area contributed by atoms with Crippen molar-refractivity contribution in [3.63, 3.8) is 0 Å². The van der Waals surface area contributed by atoms with Crippen LogP contribution in [0.25, 0.3) is 60.1 Å². The number of fused-ring (bicyclic) bond motifs is 5. The summed E-state index contributed by atoms with van der Waals surface area (Å²) in [5.41, 5.74) is 11.9. The molecule has 0 unspecified atom stereocenters. The van der Waals surface area contributed by atoms with Gasteiger partial charge in [0.25, 0.3) is 0 Å². The van der Waals surface area contributed by atoms with Crippen molar-refractivity contribution in [2.75, 3.05) is 0 Å². The minimum absolute atomic E-state index is 0.0831. The largest absolute Gasteiger partial charge is 0.307 e. The molecule has 0 saturated carbocycles. The molecule has 2 heteroatoms. The molecule has 0 aliphatic carbocycles. The number of hydrogen-bond donors (Lipinski definition) is 0. The van der Waals surface area contributed by atoms with Crippen LogP contribution in [0.5, 0.6) is 0 Å². The van der Waals surface area contributed by atoms with Crippen molar-refractivity contribution in [2.24, 2.45) is 7.05 Å². The average Bonchev–Trinajstić information content (AvgIpc) is 3.19. The molecule has 0 amide bonds. The van der Waals surface area contributed by atoms with Crippen LogP contribution in [-0.4, -0.2) is 4.40 Å². The van der Waals surface area contributed by atoms with Gasteiger partial charge in [-0.05, 0) is 76.7 Å². The highest BCUT2D eigenvalue weighted by Gasteiger charge is 2.26. The Labute approximate surface area is 211 Å². The fraction of sp³-hybridized carbons (Fsp3) is 0.206. The van der Waals surface area contributed by atoms with Crippen LogP contribution in [0.4, 0.5) is 0 Å². The third kappa shape index (κ3) is 2.76. The monoisotopic (exact) mass is 467 g/mol. The molecule has 0 fully saturated rings. The summed E-state index contributed by atoms with van der Waals surface area (Å²) in [5, 5.41) is 6.66. The molecule has 0 atom stereocenters. The highest BCUT2D eigenvalue weighted by molar-refractivity contribution is 6.26. The highest BCUT2D eigenvalue weighted by Crippen LogP contribution is 2.43. The van der Waals surface area contributed by atoms with E-state index in [0.29, 0.717) is 0 Å². The molecule has 2 nitrogen and oxygen atoms in total. The lowest BCUT2D eigenvalue weighted by atomic mass is 9.86. The highest BCUT2D eigenvalue weighted by atomic mass is 15.0. The third-order valence-corrected chi connectivity index (χ3v) is 8.24. The Morgan fingerprint density at radius 3 is 2.25 bits per heavy atom. The molecule has 4 aromatic carbocycles. The second kappa shape index (κ2) is 7.07. The van der Waals surface area contributed by atoms with Crippen molar-refractivity contribution in [3.8, 4) is 11.1 Å². The zero-order valence-corrected chi connectivity index (χ0v) is 21.9. The Hall–Kier alpha value is -3.91. The van der Waals surface area contributed by atoms with Gasteiger partial charge in [0, 0.05) is 16.8 Å². The quantitative estimate of drug-likeness (QED) is 0.130. The Balaban J connectivity index is 1.83. The number of hydrogen-bond acceptors (Lipinski definition) is 0.